The van der Waals surface area contributed by atoms with Crippen molar-refractivity contribution in [1.82, 2.24) is 14.8 Å². The highest BCUT2D eigenvalue weighted by Crippen LogP contribution is 2.18. The van der Waals surface area contributed by atoms with E-state index in [0.29, 0.717) is 10.7 Å². The van der Waals surface area contributed by atoms with Gasteiger partial charge in [0.05, 0.1) is 0 Å². The van der Waals surface area contributed by atoms with Crippen LogP contribution in [0.25, 0.3) is 0 Å². The highest BCUT2D eigenvalue weighted by atomic mass is 32.1. The minimum Gasteiger partial charge on any atom is -0.381 e. The van der Waals surface area contributed by atoms with Gasteiger partial charge in [0.2, 0.25) is 5.95 Å². The Morgan fingerprint density at radius 1 is 1.53 bits per heavy atom. The molecule has 1 aliphatic heterocycles. The first-order valence-corrected chi connectivity index (χ1v) is 6.57. The van der Waals surface area contributed by atoms with Gasteiger partial charge in [-0.25, -0.2) is 5.10 Å². The largest absolute Gasteiger partial charge is 0.381 e. The van der Waals surface area contributed by atoms with Crippen LogP contribution in [-0.4, -0.2) is 41.6 Å². The number of aromatic nitrogens is 3. The summed E-state index contributed by atoms with van der Waals surface area (Å²) in [6.45, 7) is 5.72. The summed E-state index contributed by atoms with van der Waals surface area (Å²) in [4.78, 5) is 2.19. The van der Waals surface area contributed by atoms with Crippen LogP contribution in [0.3, 0.4) is 0 Å². The second kappa shape index (κ2) is 5.64. The van der Waals surface area contributed by atoms with Crippen LogP contribution in [0.2, 0.25) is 0 Å². The molecule has 0 spiro atoms. The van der Waals surface area contributed by atoms with Crippen LogP contribution in [0.1, 0.15) is 19.8 Å². The summed E-state index contributed by atoms with van der Waals surface area (Å²) in [5.74, 6) is 1.63. The summed E-state index contributed by atoms with van der Waals surface area (Å²) >= 11 is 5.19. The van der Waals surface area contributed by atoms with Crippen molar-refractivity contribution in [2.24, 2.45) is 5.92 Å². The first-order valence-electron chi connectivity index (χ1n) is 6.16. The summed E-state index contributed by atoms with van der Waals surface area (Å²) < 4.78 is 8.09. The number of aromatic amines is 1. The van der Waals surface area contributed by atoms with E-state index in [1.54, 1.807) is 0 Å². The van der Waals surface area contributed by atoms with E-state index in [-0.39, 0.29) is 0 Å². The Balaban J connectivity index is 2.03. The second-order valence-corrected chi connectivity index (χ2v) is 4.90. The molecule has 0 atom stereocenters. The molecule has 1 N–H and O–H groups in total. The molecule has 0 saturated carbocycles. The fourth-order valence-corrected chi connectivity index (χ4v) is 2.54. The molecule has 2 heterocycles. The zero-order valence-corrected chi connectivity index (χ0v) is 11.3. The molecule has 1 aromatic rings. The molecule has 17 heavy (non-hydrogen) atoms. The molecule has 1 saturated heterocycles. The number of anilines is 1. The highest BCUT2D eigenvalue weighted by Gasteiger charge is 2.18. The number of hydrogen-bond acceptors (Lipinski definition) is 4. The standard InChI is InChI=1S/C11H20N4OS/c1-3-15-10(12-13-11(15)17)14(2)8-9-4-6-16-7-5-9/h9H,3-8H2,1-2H3,(H,13,17). The average molecular weight is 256 g/mol. The highest BCUT2D eigenvalue weighted by molar-refractivity contribution is 7.71. The number of H-pyrrole nitrogens is 1. The van der Waals surface area contributed by atoms with Crippen molar-refractivity contribution in [2.75, 3.05) is 31.7 Å². The first-order chi connectivity index (χ1) is 8.22. The molecule has 0 aromatic carbocycles. The third kappa shape index (κ3) is 2.87. The van der Waals surface area contributed by atoms with E-state index in [1.165, 1.54) is 0 Å². The van der Waals surface area contributed by atoms with Gasteiger partial charge in [0.25, 0.3) is 0 Å². The number of nitrogens with one attached hydrogen (secondary N) is 1. The van der Waals surface area contributed by atoms with Crippen molar-refractivity contribution in [3.8, 4) is 0 Å². The summed E-state index contributed by atoms with van der Waals surface area (Å²) in [6.07, 6.45) is 2.28. The SMILES string of the molecule is CCn1c(N(C)CC2CCOCC2)n[nH]c1=S. The predicted octanol–water partition coefficient (Wildman–Crippen LogP) is 1.82. The van der Waals surface area contributed by atoms with Gasteiger partial charge in [-0.2, -0.15) is 0 Å². The molecule has 5 nitrogen and oxygen atoms in total. The van der Waals surface area contributed by atoms with Crippen LogP contribution < -0.4 is 4.90 Å². The Labute approximate surface area is 107 Å². The lowest BCUT2D eigenvalue weighted by atomic mass is 10.0. The van der Waals surface area contributed by atoms with Crippen molar-refractivity contribution >= 4 is 18.2 Å². The number of ether oxygens (including phenoxy) is 1. The van der Waals surface area contributed by atoms with Crippen molar-refractivity contribution < 1.29 is 4.74 Å². The molecule has 0 aliphatic carbocycles. The Bertz CT molecular complexity index is 408. The topological polar surface area (TPSA) is 46.1 Å². The van der Waals surface area contributed by atoms with E-state index in [1.807, 2.05) is 4.57 Å². The second-order valence-electron chi connectivity index (χ2n) is 4.51. The molecule has 1 aromatic heterocycles. The Morgan fingerprint density at radius 2 is 2.24 bits per heavy atom. The minimum absolute atomic E-state index is 0.696. The van der Waals surface area contributed by atoms with Gasteiger partial charge in [-0.1, -0.05) is 0 Å². The Hall–Kier alpha value is -0.880. The zero-order chi connectivity index (χ0) is 12.3. The third-order valence-electron chi connectivity index (χ3n) is 3.27. The molecule has 0 bridgehead atoms. The molecule has 0 unspecified atom stereocenters. The van der Waals surface area contributed by atoms with Gasteiger partial charge in [0.15, 0.2) is 4.77 Å². The fraction of sp³-hybridized carbons (Fsp3) is 0.818. The third-order valence-corrected chi connectivity index (χ3v) is 3.58. The molecule has 1 fully saturated rings. The molecule has 6 heteroatoms. The first kappa shape index (κ1) is 12.6. The number of rotatable bonds is 4. The lowest BCUT2D eigenvalue weighted by molar-refractivity contribution is 0.0684. The maximum absolute atomic E-state index is 5.37. The van der Waals surface area contributed by atoms with Gasteiger partial charge in [-0.05, 0) is 37.9 Å². The predicted molar refractivity (Wildman–Crippen MR) is 69.9 cm³/mol. The van der Waals surface area contributed by atoms with E-state index in [4.69, 9.17) is 17.0 Å². The van der Waals surface area contributed by atoms with Crippen molar-refractivity contribution in [3.63, 3.8) is 0 Å². The van der Waals surface area contributed by atoms with Gasteiger partial charge in [-0.3, -0.25) is 4.57 Å². The van der Waals surface area contributed by atoms with E-state index in [9.17, 15) is 0 Å². The van der Waals surface area contributed by atoms with Crippen LogP contribution >= 0.6 is 12.2 Å². The van der Waals surface area contributed by atoms with Gasteiger partial charge in [-0.15, -0.1) is 5.10 Å². The van der Waals surface area contributed by atoms with Gasteiger partial charge >= 0.3 is 0 Å². The molecule has 96 valence electrons. The normalized spacial score (nSPS) is 17.3. The monoisotopic (exact) mass is 256 g/mol. The number of hydrogen-bond donors (Lipinski definition) is 1. The lowest BCUT2D eigenvalue weighted by Crippen LogP contribution is -2.31. The summed E-state index contributed by atoms with van der Waals surface area (Å²) in [7, 11) is 2.08. The maximum Gasteiger partial charge on any atom is 0.225 e. The Morgan fingerprint density at radius 3 is 2.88 bits per heavy atom. The van der Waals surface area contributed by atoms with E-state index < -0.39 is 0 Å². The lowest BCUT2D eigenvalue weighted by Gasteiger charge is -2.27. The fourth-order valence-electron chi connectivity index (χ4n) is 2.28. The average Bonchev–Trinajstić information content (AvgIpc) is 2.71. The van der Waals surface area contributed by atoms with Crippen LogP contribution in [0.5, 0.6) is 0 Å². The minimum atomic E-state index is 0.696. The zero-order valence-electron chi connectivity index (χ0n) is 10.5. The quantitative estimate of drug-likeness (QED) is 0.835. The smallest absolute Gasteiger partial charge is 0.225 e. The van der Waals surface area contributed by atoms with Crippen LogP contribution in [0.4, 0.5) is 5.95 Å². The van der Waals surface area contributed by atoms with E-state index >= 15 is 0 Å². The molecule has 0 amide bonds. The molecular formula is C11H20N4OS. The molecule has 1 aliphatic rings. The summed E-state index contributed by atoms with van der Waals surface area (Å²) in [5, 5.41) is 7.15. The molecule has 2 rings (SSSR count). The van der Waals surface area contributed by atoms with Crippen molar-refractivity contribution in [1.29, 1.82) is 0 Å². The van der Waals surface area contributed by atoms with Crippen LogP contribution in [0.15, 0.2) is 0 Å². The van der Waals surface area contributed by atoms with Crippen molar-refractivity contribution in [3.05, 3.63) is 4.77 Å². The van der Waals surface area contributed by atoms with Crippen LogP contribution in [-0.2, 0) is 11.3 Å². The maximum atomic E-state index is 5.37. The summed E-state index contributed by atoms with van der Waals surface area (Å²) in [5.41, 5.74) is 0. The van der Waals surface area contributed by atoms with Gasteiger partial charge < -0.3 is 9.64 Å². The van der Waals surface area contributed by atoms with Crippen molar-refractivity contribution in [2.45, 2.75) is 26.3 Å². The van der Waals surface area contributed by atoms with Crippen LogP contribution in [0, 0.1) is 10.7 Å². The Kier molecular flexibility index (Phi) is 4.17. The number of nitrogens with zero attached hydrogens (tertiary/aromatic N) is 3. The molecule has 0 radical (unpaired) electrons. The van der Waals surface area contributed by atoms with Gasteiger partial charge in [0, 0.05) is 33.4 Å². The summed E-state index contributed by atoms with van der Waals surface area (Å²) in [6, 6.07) is 0. The molecular weight excluding hydrogens is 236 g/mol. The van der Waals surface area contributed by atoms with E-state index in [2.05, 4.69) is 29.1 Å². The van der Waals surface area contributed by atoms with Gasteiger partial charge in [0.1, 0.15) is 0 Å². The van der Waals surface area contributed by atoms with E-state index in [0.717, 1.165) is 45.1 Å².